The highest BCUT2D eigenvalue weighted by Gasteiger charge is 2.16. The summed E-state index contributed by atoms with van der Waals surface area (Å²) in [5.41, 5.74) is 2.47. The summed E-state index contributed by atoms with van der Waals surface area (Å²) in [7, 11) is 1.94. The average Bonchev–Trinajstić information content (AvgIpc) is 3.07. The van der Waals surface area contributed by atoms with Crippen LogP contribution < -0.4 is 4.90 Å². The van der Waals surface area contributed by atoms with Crippen LogP contribution in [0.3, 0.4) is 0 Å². The van der Waals surface area contributed by atoms with E-state index in [0.29, 0.717) is 12.1 Å². The molecule has 1 aromatic carbocycles. The number of nitrogens with zero attached hydrogens (tertiary/aromatic N) is 4. The molecule has 0 fully saturated rings. The number of thiazole rings is 1. The Kier molecular flexibility index (Phi) is 3.60. The van der Waals surface area contributed by atoms with Crippen molar-refractivity contribution in [2.45, 2.75) is 13.2 Å². The number of rotatable bonds is 4. The third kappa shape index (κ3) is 2.49. The summed E-state index contributed by atoms with van der Waals surface area (Å²) in [6.45, 7) is 0.573. The van der Waals surface area contributed by atoms with E-state index < -0.39 is 0 Å². The molecule has 5 nitrogen and oxygen atoms in total. The third-order valence-corrected chi connectivity index (χ3v) is 4.08. The number of aliphatic hydroxyl groups is 1. The predicted molar refractivity (Wildman–Crippen MR) is 82.3 cm³/mol. The van der Waals surface area contributed by atoms with Crippen LogP contribution in [0.1, 0.15) is 16.8 Å². The summed E-state index contributed by atoms with van der Waals surface area (Å²) < 4.78 is 1.90. The monoisotopic (exact) mass is 298 g/mol. The molecule has 106 valence electrons. The van der Waals surface area contributed by atoms with Crippen LogP contribution >= 0.6 is 11.3 Å². The van der Waals surface area contributed by atoms with Crippen LogP contribution in [0.5, 0.6) is 0 Å². The van der Waals surface area contributed by atoms with Gasteiger partial charge in [-0.2, -0.15) is 5.26 Å². The van der Waals surface area contributed by atoms with E-state index >= 15 is 0 Å². The van der Waals surface area contributed by atoms with E-state index in [0.717, 1.165) is 22.0 Å². The van der Waals surface area contributed by atoms with E-state index in [1.54, 1.807) is 6.07 Å². The molecule has 6 heteroatoms. The zero-order chi connectivity index (χ0) is 14.8. The SMILES string of the molecule is CN(Cc1cccc(C#N)c1)c1nc2sccn2c1CO. The Balaban J connectivity index is 1.91. The second kappa shape index (κ2) is 5.56. The van der Waals surface area contributed by atoms with E-state index in [2.05, 4.69) is 11.1 Å². The molecule has 0 aliphatic heterocycles. The van der Waals surface area contributed by atoms with E-state index in [4.69, 9.17) is 5.26 Å². The number of aromatic nitrogens is 2. The maximum Gasteiger partial charge on any atom is 0.195 e. The topological polar surface area (TPSA) is 64.6 Å². The van der Waals surface area contributed by atoms with Gasteiger partial charge in [0.2, 0.25) is 0 Å². The van der Waals surface area contributed by atoms with Crippen molar-refractivity contribution in [2.75, 3.05) is 11.9 Å². The third-order valence-electron chi connectivity index (χ3n) is 3.33. The number of hydrogen-bond acceptors (Lipinski definition) is 5. The smallest absolute Gasteiger partial charge is 0.195 e. The number of benzene rings is 1. The number of fused-ring (bicyclic) bond motifs is 1. The second-order valence-corrected chi connectivity index (χ2v) is 5.64. The van der Waals surface area contributed by atoms with Gasteiger partial charge >= 0.3 is 0 Å². The van der Waals surface area contributed by atoms with Gasteiger partial charge < -0.3 is 10.0 Å². The normalized spacial score (nSPS) is 10.7. The summed E-state index contributed by atoms with van der Waals surface area (Å²) in [4.78, 5) is 7.42. The molecule has 0 saturated carbocycles. The maximum absolute atomic E-state index is 9.59. The largest absolute Gasteiger partial charge is 0.390 e. The van der Waals surface area contributed by atoms with Crippen LogP contribution in [0.2, 0.25) is 0 Å². The van der Waals surface area contributed by atoms with Crippen LogP contribution in [0, 0.1) is 11.3 Å². The fourth-order valence-corrected chi connectivity index (χ4v) is 3.09. The van der Waals surface area contributed by atoms with Gasteiger partial charge in [-0.15, -0.1) is 11.3 Å². The molecular weight excluding hydrogens is 284 g/mol. The number of nitriles is 1. The quantitative estimate of drug-likeness (QED) is 0.803. The van der Waals surface area contributed by atoms with Crippen molar-refractivity contribution in [2.24, 2.45) is 0 Å². The first kappa shape index (κ1) is 13.6. The van der Waals surface area contributed by atoms with E-state index in [1.807, 2.05) is 46.1 Å². The lowest BCUT2D eigenvalue weighted by atomic mass is 10.1. The second-order valence-electron chi connectivity index (χ2n) is 4.76. The minimum atomic E-state index is -0.0597. The Hall–Kier alpha value is -2.36. The van der Waals surface area contributed by atoms with Crippen LogP contribution in [0.15, 0.2) is 35.8 Å². The van der Waals surface area contributed by atoms with Gasteiger partial charge in [-0.1, -0.05) is 12.1 Å². The number of hydrogen-bond donors (Lipinski definition) is 1. The molecule has 3 aromatic rings. The molecule has 0 bridgehead atoms. The Morgan fingerprint density at radius 2 is 2.33 bits per heavy atom. The summed E-state index contributed by atoms with van der Waals surface area (Å²) in [6, 6.07) is 9.66. The lowest BCUT2D eigenvalue weighted by Gasteiger charge is -2.18. The molecule has 1 N–H and O–H groups in total. The maximum atomic E-state index is 9.59. The van der Waals surface area contributed by atoms with Crippen LogP contribution in [0.4, 0.5) is 5.82 Å². The minimum absolute atomic E-state index is 0.0597. The Morgan fingerprint density at radius 1 is 1.48 bits per heavy atom. The molecule has 0 radical (unpaired) electrons. The summed E-state index contributed by atoms with van der Waals surface area (Å²) in [5, 5.41) is 20.5. The van der Waals surface area contributed by atoms with Crippen molar-refractivity contribution in [3.8, 4) is 6.07 Å². The average molecular weight is 298 g/mol. The van der Waals surface area contributed by atoms with Gasteiger partial charge in [0.05, 0.1) is 23.9 Å². The number of anilines is 1. The lowest BCUT2D eigenvalue weighted by molar-refractivity contribution is 0.276. The first-order valence-corrected chi connectivity index (χ1v) is 7.36. The van der Waals surface area contributed by atoms with E-state index in [9.17, 15) is 5.11 Å². The van der Waals surface area contributed by atoms with Gasteiger partial charge in [0.1, 0.15) is 0 Å². The zero-order valence-corrected chi connectivity index (χ0v) is 12.3. The van der Waals surface area contributed by atoms with Gasteiger partial charge in [-0.25, -0.2) is 4.98 Å². The van der Waals surface area contributed by atoms with Crippen molar-refractivity contribution < 1.29 is 5.11 Å². The molecule has 2 heterocycles. The van der Waals surface area contributed by atoms with Gasteiger partial charge in [0, 0.05) is 25.2 Å². The minimum Gasteiger partial charge on any atom is -0.390 e. The first-order valence-electron chi connectivity index (χ1n) is 6.48. The van der Waals surface area contributed by atoms with Gasteiger partial charge in [0.15, 0.2) is 10.8 Å². The zero-order valence-electron chi connectivity index (χ0n) is 11.5. The molecule has 2 aromatic heterocycles. The standard InChI is InChI=1S/C15H14N4OS/c1-18(9-12-4-2-3-11(7-12)8-16)14-13(10-20)19-5-6-21-15(19)17-14/h2-7,20H,9-10H2,1H3. The Bertz CT molecular complexity index is 815. The molecule has 0 amide bonds. The molecule has 0 saturated heterocycles. The fraction of sp³-hybridized carbons (Fsp3) is 0.200. The summed E-state index contributed by atoms with van der Waals surface area (Å²) in [5.74, 6) is 0.770. The van der Waals surface area contributed by atoms with Gasteiger partial charge in [-0.3, -0.25) is 4.40 Å². The van der Waals surface area contributed by atoms with Gasteiger partial charge in [-0.05, 0) is 17.7 Å². The van der Waals surface area contributed by atoms with Gasteiger partial charge in [0.25, 0.3) is 0 Å². The molecule has 3 rings (SSSR count). The van der Waals surface area contributed by atoms with Crippen molar-refractivity contribution in [1.82, 2.24) is 9.38 Å². The summed E-state index contributed by atoms with van der Waals surface area (Å²) >= 11 is 1.54. The molecule has 0 unspecified atom stereocenters. The van der Waals surface area contributed by atoms with Crippen LogP contribution in [-0.4, -0.2) is 21.5 Å². The van der Waals surface area contributed by atoms with Crippen molar-refractivity contribution >= 4 is 22.1 Å². The van der Waals surface area contributed by atoms with Crippen LogP contribution in [0.25, 0.3) is 4.96 Å². The molecule has 0 atom stereocenters. The van der Waals surface area contributed by atoms with E-state index in [1.165, 1.54) is 11.3 Å². The van der Waals surface area contributed by atoms with Crippen LogP contribution in [-0.2, 0) is 13.2 Å². The highest BCUT2D eigenvalue weighted by molar-refractivity contribution is 7.15. The van der Waals surface area contributed by atoms with Crippen molar-refractivity contribution in [3.05, 3.63) is 52.7 Å². The first-order chi connectivity index (χ1) is 10.2. The lowest BCUT2D eigenvalue weighted by Crippen LogP contribution is -2.18. The Morgan fingerprint density at radius 3 is 3.10 bits per heavy atom. The predicted octanol–water partition coefficient (Wildman–Crippen LogP) is 2.40. The fourth-order valence-electron chi connectivity index (χ4n) is 2.36. The van der Waals surface area contributed by atoms with Crippen molar-refractivity contribution in [3.63, 3.8) is 0 Å². The van der Waals surface area contributed by atoms with E-state index in [-0.39, 0.29) is 6.61 Å². The Labute approximate surface area is 126 Å². The van der Waals surface area contributed by atoms with Crippen molar-refractivity contribution in [1.29, 1.82) is 5.26 Å². The summed E-state index contributed by atoms with van der Waals surface area (Å²) in [6.07, 6.45) is 1.91. The molecular formula is C15H14N4OS. The highest BCUT2D eigenvalue weighted by Crippen LogP contribution is 2.25. The number of aliphatic hydroxyl groups excluding tert-OH is 1. The molecule has 21 heavy (non-hydrogen) atoms. The molecule has 0 aliphatic rings. The molecule has 0 spiro atoms. The number of imidazole rings is 1. The highest BCUT2D eigenvalue weighted by atomic mass is 32.1. The molecule has 0 aliphatic carbocycles.